The van der Waals surface area contributed by atoms with Crippen LogP contribution in [0.5, 0.6) is 5.75 Å². The van der Waals surface area contributed by atoms with Crippen molar-refractivity contribution >= 4 is 21.6 Å². The highest BCUT2D eigenvalue weighted by Gasteiger charge is 2.23. The zero-order valence-electron chi connectivity index (χ0n) is 19.1. The number of hydrogen-bond donors (Lipinski definition) is 2. The van der Waals surface area contributed by atoms with Gasteiger partial charge in [0, 0.05) is 23.9 Å². The Labute approximate surface area is 188 Å². The fourth-order valence-corrected chi connectivity index (χ4v) is 5.07. The first-order chi connectivity index (χ1) is 15.0. The maximum absolute atomic E-state index is 13.1. The van der Waals surface area contributed by atoms with Gasteiger partial charge in [-0.2, -0.15) is 5.10 Å². The highest BCUT2D eigenvalue weighted by molar-refractivity contribution is 7.92. The Morgan fingerprint density at radius 2 is 1.81 bits per heavy atom. The predicted octanol–water partition coefficient (Wildman–Crippen LogP) is 3.65. The summed E-state index contributed by atoms with van der Waals surface area (Å²) in [6.45, 7) is 7.40. The molecule has 2 aromatic carbocycles. The number of methoxy groups -OCH3 is 1. The van der Waals surface area contributed by atoms with Crippen molar-refractivity contribution in [3.05, 3.63) is 70.5 Å². The Bertz CT molecular complexity index is 1260. The van der Waals surface area contributed by atoms with Gasteiger partial charge in [0.15, 0.2) is 0 Å². The van der Waals surface area contributed by atoms with Gasteiger partial charge in [0.05, 0.1) is 29.4 Å². The standard InChI is InChI=1S/C23H28N4O4S/c1-14-11-12-18(23(28)24-15(2)22-16(3)25-27(5)17(22)4)13-21(14)32(29,30)26-19-9-7-8-10-20(19)31-6/h7-13,15,26H,1-6H3,(H,24,28). The Morgan fingerprint density at radius 3 is 2.44 bits per heavy atom. The van der Waals surface area contributed by atoms with E-state index in [1.807, 2.05) is 27.8 Å². The van der Waals surface area contributed by atoms with E-state index in [4.69, 9.17) is 4.74 Å². The zero-order valence-corrected chi connectivity index (χ0v) is 19.9. The largest absolute Gasteiger partial charge is 0.495 e. The second-order valence-electron chi connectivity index (χ2n) is 7.69. The van der Waals surface area contributed by atoms with E-state index in [0.717, 1.165) is 17.0 Å². The molecular formula is C23H28N4O4S. The highest BCUT2D eigenvalue weighted by Crippen LogP contribution is 2.28. The molecule has 1 aromatic heterocycles. The average Bonchev–Trinajstić information content (AvgIpc) is 2.99. The quantitative estimate of drug-likeness (QED) is 0.565. The first-order valence-electron chi connectivity index (χ1n) is 10.1. The molecule has 0 saturated carbocycles. The van der Waals surface area contributed by atoms with Crippen LogP contribution in [0.4, 0.5) is 5.69 Å². The number of aryl methyl sites for hydroxylation is 3. The number of amides is 1. The molecule has 0 aliphatic rings. The normalized spacial score (nSPS) is 12.3. The molecule has 0 radical (unpaired) electrons. The van der Waals surface area contributed by atoms with Crippen molar-refractivity contribution in [2.24, 2.45) is 7.05 Å². The zero-order chi connectivity index (χ0) is 23.6. The van der Waals surface area contributed by atoms with Gasteiger partial charge in [-0.25, -0.2) is 8.42 Å². The first kappa shape index (κ1) is 23.3. The molecule has 0 saturated heterocycles. The highest BCUT2D eigenvalue weighted by atomic mass is 32.2. The van der Waals surface area contributed by atoms with Crippen molar-refractivity contribution in [1.82, 2.24) is 15.1 Å². The molecule has 170 valence electrons. The second-order valence-corrected chi connectivity index (χ2v) is 9.34. The molecule has 3 rings (SSSR count). The van der Waals surface area contributed by atoms with E-state index in [0.29, 0.717) is 17.0 Å². The van der Waals surface area contributed by atoms with E-state index < -0.39 is 10.0 Å². The lowest BCUT2D eigenvalue weighted by Crippen LogP contribution is -2.27. The fourth-order valence-electron chi connectivity index (χ4n) is 3.73. The minimum atomic E-state index is -3.95. The molecule has 1 unspecified atom stereocenters. The Balaban J connectivity index is 1.88. The van der Waals surface area contributed by atoms with Crippen LogP contribution in [0.25, 0.3) is 0 Å². The number of carbonyl (C=O) groups is 1. The number of benzene rings is 2. The molecular weight excluding hydrogens is 428 g/mol. The maximum atomic E-state index is 13.1. The van der Waals surface area contributed by atoms with Crippen molar-refractivity contribution in [3.63, 3.8) is 0 Å². The van der Waals surface area contributed by atoms with Gasteiger partial charge in [0.2, 0.25) is 0 Å². The minimum absolute atomic E-state index is 0.0254. The Hall–Kier alpha value is -3.33. The van der Waals surface area contributed by atoms with Crippen molar-refractivity contribution in [2.45, 2.75) is 38.6 Å². The van der Waals surface area contributed by atoms with Crippen LogP contribution in [0.2, 0.25) is 0 Å². The van der Waals surface area contributed by atoms with E-state index in [1.165, 1.54) is 13.2 Å². The SMILES string of the molecule is COc1ccccc1NS(=O)(=O)c1cc(C(=O)NC(C)c2c(C)nn(C)c2C)ccc1C. The average molecular weight is 457 g/mol. The van der Waals surface area contributed by atoms with Gasteiger partial charge >= 0.3 is 0 Å². The van der Waals surface area contributed by atoms with E-state index >= 15 is 0 Å². The number of nitrogens with one attached hydrogen (secondary N) is 2. The molecule has 0 bridgehead atoms. The van der Waals surface area contributed by atoms with Gasteiger partial charge < -0.3 is 10.1 Å². The molecule has 0 aliphatic heterocycles. The van der Waals surface area contributed by atoms with E-state index in [2.05, 4.69) is 15.1 Å². The van der Waals surface area contributed by atoms with Gasteiger partial charge in [-0.3, -0.25) is 14.2 Å². The molecule has 8 nitrogen and oxygen atoms in total. The van der Waals surface area contributed by atoms with Crippen LogP contribution in [0.1, 0.15) is 45.8 Å². The maximum Gasteiger partial charge on any atom is 0.262 e. The molecule has 9 heteroatoms. The summed E-state index contributed by atoms with van der Waals surface area (Å²) in [5.74, 6) is 0.0348. The lowest BCUT2D eigenvalue weighted by molar-refractivity contribution is 0.0939. The van der Waals surface area contributed by atoms with Gasteiger partial charge in [-0.05, 0) is 57.5 Å². The summed E-state index contributed by atoms with van der Waals surface area (Å²) in [5, 5.41) is 7.34. The third kappa shape index (κ3) is 4.62. The first-order valence-corrected chi connectivity index (χ1v) is 11.6. The third-order valence-corrected chi connectivity index (χ3v) is 6.94. The number of ether oxygens (including phenoxy) is 1. The number of sulfonamides is 1. The number of aromatic nitrogens is 2. The Morgan fingerprint density at radius 1 is 1.12 bits per heavy atom. The molecule has 2 N–H and O–H groups in total. The van der Waals surface area contributed by atoms with Gasteiger partial charge in [0.1, 0.15) is 5.75 Å². The topological polar surface area (TPSA) is 102 Å². The van der Waals surface area contributed by atoms with Gasteiger partial charge in [-0.1, -0.05) is 18.2 Å². The van der Waals surface area contributed by atoms with Crippen LogP contribution in [0, 0.1) is 20.8 Å². The van der Waals surface area contributed by atoms with Crippen molar-refractivity contribution in [3.8, 4) is 5.75 Å². The third-order valence-electron chi connectivity index (χ3n) is 5.44. The fraction of sp³-hybridized carbons (Fsp3) is 0.304. The number of hydrogen-bond acceptors (Lipinski definition) is 5. The lowest BCUT2D eigenvalue weighted by Gasteiger charge is -2.16. The number of nitrogens with zero attached hydrogens (tertiary/aromatic N) is 2. The van der Waals surface area contributed by atoms with Crippen LogP contribution >= 0.6 is 0 Å². The molecule has 0 fully saturated rings. The predicted molar refractivity (Wildman–Crippen MR) is 124 cm³/mol. The van der Waals surface area contributed by atoms with E-state index in [1.54, 1.807) is 48.0 Å². The number of rotatable bonds is 7. The molecule has 1 heterocycles. The summed E-state index contributed by atoms with van der Waals surface area (Å²) in [7, 11) is -0.625. The Kier molecular flexibility index (Phi) is 6.59. The number of carbonyl (C=O) groups excluding carboxylic acids is 1. The second kappa shape index (κ2) is 9.04. The van der Waals surface area contributed by atoms with Crippen molar-refractivity contribution < 1.29 is 17.9 Å². The molecule has 1 amide bonds. The van der Waals surface area contributed by atoms with Crippen molar-refractivity contribution in [2.75, 3.05) is 11.8 Å². The summed E-state index contributed by atoms with van der Waals surface area (Å²) < 4.78 is 35.7. The monoisotopic (exact) mass is 456 g/mol. The van der Waals surface area contributed by atoms with E-state index in [-0.39, 0.29) is 22.4 Å². The van der Waals surface area contributed by atoms with Crippen LogP contribution < -0.4 is 14.8 Å². The van der Waals surface area contributed by atoms with Crippen LogP contribution in [-0.4, -0.2) is 31.2 Å². The molecule has 3 aromatic rings. The number of anilines is 1. The van der Waals surface area contributed by atoms with E-state index in [9.17, 15) is 13.2 Å². The molecule has 1 atom stereocenters. The summed E-state index contributed by atoms with van der Waals surface area (Å²) in [4.78, 5) is 13.0. The molecule has 0 spiro atoms. The van der Waals surface area contributed by atoms with Crippen LogP contribution in [0.15, 0.2) is 47.4 Å². The minimum Gasteiger partial charge on any atom is -0.495 e. The summed E-state index contributed by atoms with van der Waals surface area (Å²) >= 11 is 0. The summed E-state index contributed by atoms with van der Waals surface area (Å²) in [6.07, 6.45) is 0. The number of para-hydroxylation sites is 2. The van der Waals surface area contributed by atoms with Gasteiger partial charge in [-0.15, -0.1) is 0 Å². The summed E-state index contributed by atoms with van der Waals surface area (Å²) in [5.41, 5.74) is 3.84. The molecule has 32 heavy (non-hydrogen) atoms. The lowest BCUT2D eigenvalue weighted by atomic mass is 10.1. The van der Waals surface area contributed by atoms with Crippen LogP contribution in [0.3, 0.4) is 0 Å². The van der Waals surface area contributed by atoms with Gasteiger partial charge in [0.25, 0.3) is 15.9 Å². The van der Waals surface area contributed by atoms with Crippen molar-refractivity contribution in [1.29, 1.82) is 0 Å². The molecule has 0 aliphatic carbocycles. The smallest absolute Gasteiger partial charge is 0.262 e. The summed E-state index contributed by atoms with van der Waals surface area (Å²) in [6, 6.07) is 11.1. The van der Waals surface area contributed by atoms with Crippen LogP contribution in [-0.2, 0) is 17.1 Å².